The number of hydrogen-bond donors (Lipinski definition) is 0. The molecule has 0 unspecified atom stereocenters. The van der Waals surface area contributed by atoms with Crippen LogP contribution in [0.25, 0.3) is 95.3 Å². The summed E-state index contributed by atoms with van der Waals surface area (Å²) >= 11 is 3.73. The summed E-state index contributed by atoms with van der Waals surface area (Å²) in [6.45, 7) is 9.05. The molecule has 0 saturated heterocycles. The van der Waals surface area contributed by atoms with E-state index in [4.69, 9.17) is 0 Å². The summed E-state index contributed by atoms with van der Waals surface area (Å²) in [5, 5.41) is 10.1. The van der Waals surface area contributed by atoms with Crippen LogP contribution in [-0.2, 0) is 0 Å². The normalized spacial score (nSPS) is 11.7. The van der Waals surface area contributed by atoms with E-state index in [1.807, 2.05) is 22.7 Å². The monoisotopic (exact) mass is 1010 g/mol. The highest BCUT2D eigenvalue weighted by Gasteiger charge is 2.25. The molecule has 0 aliphatic rings. The molecule has 14 aromatic rings. The van der Waals surface area contributed by atoms with Crippen LogP contribution >= 0.6 is 22.7 Å². The zero-order valence-electron chi connectivity index (χ0n) is 42.8. The van der Waals surface area contributed by atoms with Gasteiger partial charge in [0.05, 0.1) is 11.4 Å². The minimum absolute atomic E-state index is 1.13. The van der Waals surface area contributed by atoms with E-state index >= 15 is 0 Å². The number of fused-ring (bicyclic) bond motifs is 8. The van der Waals surface area contributed by atoms with Crippen molar-refractivity contribution in [2.45, 2.75) is 27.7 Å². The van der Waals surface area contributed by atoms with E-state index in [2.05, 4.69) is 280 Å². The van der Waals surface area contributed by atoms with Crippen molar-refractivity contribution in [1.82, 2.24) is 0 Å². The van der Waals surface area contributed by atoms with Crippen molar-refractivity contribution >= 4 is 119 Å². The predicted octanol–water partition coefficient (Wildman–Crippen LogP) is 21.9. The number of thiophene rings is 2. The molecule has 0 saturated carbocycles. The first-order chi connectivity index (χ1) is 37.3. The molecule has 14 rings (SSSR count). The molecular formula is C72H52N2S2. The van der Waals surface area contributed by atoms with E-state index < -0.39 is 0 Å². The fourth-order valence-electron chi connectivity index (χ4n) is 11.7. The van der Waals surface area contributed by atoms with Crippen LogP contribution in [0.1, 0.15) is 22.3 Å². The van der Waals surface area contributed by atoms with E-state index in [9.17, 15) is 0 Å². The first kappa shape index (κ1) is 45.8. The van der Waals surface area contributed by atoms with Gasteiger partial charge in [0.25, 0.3) is 0 Å². The summed E-state index contributed by atoms with van der Waals surface area (Å²) in [5.41, 5.74) is 18.9. The summed E-state index contributed by atoms with van der Waals surface area (Å²) < 4.78 is 5.25. The van der Waals surface area contributed by atoms with Gasteiger partial charge < -0.3 is 9.80 Å². The highest BCUT2D eigenvalue weighted by molar-refractivity contribution is 7.26. The summed E-state index contributed by atoms with van der Waals surface area (Å²) in [6, 6.07) is 90.3. The Morgan fingerprint density at radius 2 is 0.658 bits per heavy atom. The minimum Gasteiger partial charge on any atom is -0.309 e. The lowest BCUT2D eigenvalue weighted by molar-refractivity contribution is 1.22. The fourth-order valence-corrected chi connectivity index (χ4v) is 13.9. The zero-order chi connectivity index (χ0) is 51.0. The van der Waals surface area contributed by atoms with Crippen LogP contribution in [0.2, 0.25) is 0 Å². The third-order valence-corrected chi connectivity index (χ3v) is 17.8. The Bertz CT molecular complexity index is 4320. The third-order valence-electron chi connectivity index (χ3n) is 15.5. The van der Waals surface area contributed by atoms with E-state index in [0.29, 0.717) is 0 Å². The Morgan fingerprint density at radius 3 is 1.11 bits per heavy atom. The van der Waals surface area contributed by atoms with E-state index in [1.165, 1.54) is 129 Å². The molecule has 362 valence electrons. The molecule has 4 heteroatoms. The Kier molecular flexibility index (Phi) is 11.2. The average molecular weight is 1010 g/mol. The van der Waals surface area contributed by atoms with Gasteiger partial charge in [-0.25, -0.2) is 0 Å². The zero-order valence-corrected chi connectivity index (χ0v) is 44.4. The van der Waals surface area contributed by atoms with Gasteiger partial charge in [-0.2, -0.15) is 0 Å². The second-order valence-corrected chi connectivity index (χ2v) is 22.5. The molecule has 0 bridgehead atoms. The van der Waals surface area contributed by atoms with Gasteiger partial charge in [-0.05, 0) is 179 Å². The van der Waals surface area contributed by atoms with E-state index in [1.54, 1.807) is 0 Å². The standard InChI is InChI=1S/C72H52N2S2/c1-45-15-13-23-59(55-31-37-69-63(43-55)61-21-9-11-25-67(61)75-69)71(45)73(57-33-27-49-17-5-7-19-51(49)41-57)65-35-29-53(39-47(65)3)54-30-36-66(48(4)40-54)74(58-34-28-50-18-6-8-20-52(50)42-58)72-46(2)16-14-24-60(72)56-32-38-70-64(44-56)62-22-10-12-26-68(62)76-70/h5-44H,1-4H3. The molecule has 0 aliphatic heterocycles. The van der Waals surface area contributed by atoms with Gasteiger partial charge in [0.15, 0.2) is 0 Å². The van der Waals surface area contributed by atoms with Crippen LogP contribution in [0.3, 0.4) is 0 Å². The number of rotatable bonds is 9. The van der Waals surface area contributed by atoms with Crippen LogP contribution < -0.4 is 9.80 Å². The first-order valence-electron chi connectivity index (χ1n) is 26.1. The largest absolute Gasteiger partial charge is 0.309 e. The maximum atomic E-state index is 2.50. The Balaban J connectivity index is 0.894. The van der Waals surface area contributed by atoms with Gasteiger partial charge in [0.2, 0.25) is 0 Å². The number of para-hydroxylation sites is 2. The topological polar surface area (TPSA) is 6.48 Å². The van der Waals surface area contributed by atoms with Gasteiger partial charge >= 0.3 is 0 Å². The molecule has 2 aromatic heterocycles. The molecule has 76 heavy (non-hydrogen) atoms. The maximum absolute atomic E-state index is 2.50. The molecule has 12 aromatic carbocycles. The van der Waals surface area contributed by atoms with Crippen LogP contribution in [0.5, 0.6) is 0 Å². The highest BCUT2D eigenvalue weighted by Crippen LogP contribution is 2.49. The van der Waals surface area contributed by atoms with Gasteiger partial charge in [-0.3, -0.25) is 0 Å². The molecule has 0 fully saturated rings. The SMILES string of the molecule is Cc1cc(-c2ccc(N(c3ccc4ccccc4c3)c3c(C)cccc3-c3ccc4sc5ccccc5c4c3)c(C)c2)ccc1N(c1ccc2ccccc2c1)c1c(C)cccc1-c1ccc2sc3ccccc3c2c1. The molecule has 0 atom stereocenters. The van der Waals surface area contributed by atoms with Gasteiger partial charge in [0.1, 0.15) is 0 Å². The summed E-state index contributed by atoms with van der Waals surface area (Å²) in [4.78, 5) is 5.00. The number of benzene rings is 12. The molecule has 0 amide bonds. The van der Waals surface area contributed by atoms with Gasteiger partial charge in [-0.1, -0.05) is 158 Å². The first-order valence-corrected chi connectivity index (χ1v) is 27.8. The van der Waals surface area contributed by atoms with Crippen molar-refractivity contribution in [3.8, 4) is 33.4 Å². The van der Waals surface area contributed by atoms with Crippen molar-refractivity contribution in [2.24, 2.45) is 0 Å². The summed E-state index contributed by atoms with van der Waals surface area (Å²) in [5.74, 6) is 0. The van der Waals surface area contributed by atoms with Gasteiger partial charge in [-0.15, -0.1) is 22.7 Å². The Hall–Kier alpha value is -8.80. The van der Waals surface area contributed by atoms with Crippen LogP contribution in [-0.4, -0.2) is 0 Å². The van der Waals surface area contributed by atoms with Crippen molar-refractivity contribution in [2.75, 3.05) is 9.80 Å². The smallest absolute Gasteiger partial charge is 0.0569 e. The van der Waals surface area contributed by atoms with E-state index in [-0.39, 0.29) is 0 Å². The number of anilines is 6. The molecule has 0 radical (unpaired) electrons. The van der Waals surface area contributed by atoms with Crippen LogP contribution in [0, 0.1) is 27.7 Å². The van der Waals surface area contributed by atoms with Crippen molar-refractivity contribution in [3.63, 3.8) is 0 Å². The van der Waals surface area contributed by atoms with Gasteiger partial charge in [0, 0.05) is 74.2 Å². The number of hydrogen-bond acceptors (Lipinski definition) is 4. The predicted molar refractivity (Wildman–Crippen MR) is 332 cm³/mol. The Morgan fingerprint density at radius 1 is 0.263 bits per heavy atom. The lowest BCUT2D eigenvalue weighted by Gasteiger charge is -2.32. The molecule has 0 spiro atoms. The van der Waals surface area contributed by atoms with Crippen LogP contribution in [0.15, 0.2) is 243 Å². The lowest BCUT2D eigenvalue weighted by atomic mass is 9.94. The fraction of sp³-hybridized carbons (Fsp3) is 0.0556. The second kappa shape index (κ2) is 18.5. The molecule has 0 aliphatic carbocycles. The molecule has 2 heterocycles. The summed E-state index contributed by atoms with van der Waals surface area (Å²) in [7, 11) is 0. The average Bonchev–Trinajstić information content (AvgIpc) is 4.02. The summed E-state index contributed by atoms with van der Waals surface area (Å²) in [6.07, 6.45) is 0. The minimum atomic E-state index is 1.13. The molecule has 0 N–H and O–H groups in total. The van der Waals surface area contributed by atoms with Crippen LogP contribution in [0.4, 0.5) is 34.1 Å². The Labute approximate surface area is 451 Å². The molecule has 2 nitrogen and oxygen atoms in total. The maximum Gasteiger partial charge on any atom is 0.0569 e. The third kappa shape index (κ3) is 7.83. The molecular weight excluding hydrogens is 957 g/mol. The highest BCUT2D eigenvalue weighted by atomic mass is 32.1. The second-order valence-electron chi connectivity index (χ2n) is 20.3. The van der Waals surface area contributed by atoms with Crippen molar-refractivity contribution in [1.29, 1.82) is 0 Å². The van der Waals surface area contributed by atoms with Crippen molar-refractivity contribution < 1.29 is 0 Å². The van der Waals surface area contributed by atoms with Crippen molar-refractivity contribution in [3.05, 3.63) is 265 Å². The van der Waals surface area contributed by atoms with E-state index in [0.717, 1.165) is 22.7 Å². The quantitative estimate of drug-likeness (QED) is 0.142. The number of nitrogens with zero attached hydrogens (tertiary/aromatic N) is 2. The number of aryl methyl sites for hydroxylation is 4. The lowest BCUT2D eigenvalue weighted by Crippen LogP contribution is -2.14.